The molecule has 0 saturated carbocycles. The second kappa shape index (κ2) is 4.40. The highest BCUT2D eigenvalue weighted by atomic mass is 16.5. The molecule has 1 aromatic rings. The Morgan fingerprint density at radius 1 is 1.33 bits per heavy atom. The van der Waals surface area contributed by atoms with Crippen LogP contribution in [0, 0.1) is 18.3 Å². The van der Waals surface area contributed by atoms with E-state index in [1.165, 1.54) is 16.7 Å². The average molecular weight is 243 g/mol. The summed E-state index contributed by atoms with van der Waals surface area (Å²) in [6, 6.07) is 8.95. The molecule has 1 saturated heterocycles. The molecule has 1 aliphatic heterocycles. The van der Waals surface area contributed by atoms with E-state index in [1.807, 2.05) is 0 Å². The lowest BCUT2D eigenvalue weighted by molar-refractivity contribution is -0.0580. The lowest BCUT2D eigenvalue weighted by atomic mass is 9.72. The Labute approximate surface area is 110 Å². The van der Waals surface area contributed by atoms with Gasteiger partial charge in [-0.15, -0.1) is 0 Å². The molecule has 0 unspecified atom stereocenters. The van der Waals surface area contributed by atoms with Crippen molar-refractivity contribution in [3.8, 4) is 6.07 Å². The topological polar surface area (TPSA) is 33.0 Å². The lowest BCUT2D eigenvalue weighted by Crippen LogP contribution is -2.47. The van der Waals surface area contributed by atoms with Crippen molar-refractivity contribution in [3.63, 3.8) is 0 Å². The van der Waals surface area contributed by atoms with E-state index in [2.05, 4.69) is 52.0 Å². The van der Waals surface area contributed by atoms with Crippen molar-refractivity contribution in [2.45, 2.75) is 44.9 Å². The summed E-state index contributed by atoms with van der Waals surface area (Å²) in [6.07, 6.45) is 0.543. The van der Waals surface area contributed by atoms with E-state index in [0.717, 1.165) is 0 Å². The van der Waals surface area contributed by atoms with Crippen LogP contribution >= 0.6 is 0 Å². The zero-order valence-corrected chi connectivity index (χ0v) is 11.7. The number of hydrogen-bond donors (Lipinski definition) is 0. The molecule has 2 nitrogen and oxygen atoms in total. The van der Waals surface area contributed by atoms with E-state index >= 15 is 0 Å². The number of rotatable bonds is 2. The second-order valence-electron chi connectivity index (χ2n) is 6.39. The third kappa shape index (κ3) is 2.15. The fourth-order valence-corrected chi connectivity index (χ4v) is 2.51. The van der Waals surface area contributed by atoms with Gasteiger partial charge in [0.15, 0.2) is 0 Å². The molecule has 0 aromatic heterocycles. The fraction of sp³-hybridized carbons (Fsp3) is 0.562. The number of nitrogens with zero attached hydrogens (tertiary/aromatic N) is 1. The smallest absolute Gasteiger partial charge is 0.0632 e. The summed E-state index contributed by atoms with van der Waals surface area (Å²) in [6.45, 7) is 10.1. The molecule has 0 N–H and O–H groups in total. The van der Waals surface area contributed by atoms with E-state index < -0.39 is 0 Å². The standard InChI is InChI=1S/C16H21NO/c1-12-5-6-13(15(2,3)4)9-14(12)16(7-8-17)10-18-11-16/h5-6,9H,7,10-11H2,1-4H3. The maximum Gasteiger partial charge on any atom is 0.0632 e. The first kappa shape index (κ1) is 13.1. The van der Waals surface area contributed by atoms with Gasteiger partial charge in [0.2, 0.25) is 0 Å². The number of aryl methyl sites for hydroxylation is 1. The number of benzene rings is 1. The Morgan fingerprint density at radius 3 is 2.44 bits per heavy atom. The van der Waals surface area contributed by atoms with Crippen LogP contribution in [-0.4, -0.2) is 13.2 Å². The van der Waals surface area contributed by atoms with Crippen LogP contribution in [-0.2, 0) is 15.6 Å². The van der Waals surface area contributed by atoms with E-state index in [-0.39, 0.29) is 10.8 Å². The molecule has 1 fully saturated rings. The minimum absolute atomic E-state index is 0.0694. The first-order valence-electron chi connectivity index (χ1n) is 6.45. The van der Waals surface area contributed by atoms with Crippen LogP contribution in [0.1, 0.15) is 43.9 Å². The lowest BCUT2D eigenvalue weighted by Gasteiger charge is -2.41. The summed E-state index contributed by atoms with van der Waals surface area (Å²) in [5.74, 6) is 0. The Bertz CT molecular complexity index is 487. The van der Waals surface area contributed by atoms with Gasteiger partial charge in [-0.25, -0.2) is 0 Å². The molecule has 1 aromatic carbocycles. The van der Waals surface area contributed by atoms with Crippen molar-refractivity contribution in [3.05, 3.63) is 34.9 Å². The maximum absolute atomic E-state index is 9.04. The molecule has 1 aliphatic rings. The second-order valence-corrected chi connectivity index (χ2v) is 6.39. The molecule has 18 heavy (non-hydrogen) atoms. The van der Waals surface area contributed by atoms with Crippen molar-refractivity contribution in [1.82, 2.24) is 0 Å². The van der Waals surface area contributed by atoms with Gasteiger partial charge in [0.1, 0.15) is 0 Å². The average Bonchev–Trinajstić information content (AvgIpc) is 2.23. The predicted octanol–water partition coefficient (Wildman–Crippen LogP) is 3.47. The molecule has 2 rings (SSSR count). The molecule has 0 amide bonds. The van der Waals surface area contributed by atoms with Gasteiger partial charge in [-0.3, -0.25) is 0 Å². The van der Waals surface area contributed by atoms with E-state index in [9.17, 15) is 0 Å². The van der Waals surface area contributed by atoms with Crippen molar-refractivity contribution in [2.75, 3.05) is 13.2 Å². The van der Waals surface area contributed by atoms with Crippen LogP contribution in [0.2, 0.25) is 0 Å². The van der Waals surface area contributed by atoms with Gasteiger partial charge < -0.3 is 4.74 Å². The molecule has 1 heterocycles. The van der Waals surface area contributed by atoms with E-state index in [1.54, 1.807) is 0 Å². The molecular weight excluding hydrogens is 222 g/mol. The zero-order chi connectivity index (χ0) is 13.4. The third-order valence-electron chi connectivity index (χ3n) is 3.85. The monoisotopic (exact) mass is 243 g/mol. The summed E-state index contributed by atoms with van der Waals surface area (Å²) in [5, 5.41) is 9.04. The van der Waals surface area contributed by atoms with Gasteiger partial charge in [0.25, 0.3) is 0 Å². The van der Waals surface area contributed by atoms with Crippen LogP contribution < -0.4 is 0 Å². The van der Waals surface area contributed by atoms with Gasteiger partial charge in [-0.05, 0) is 29.0 Å². The Balaban J connectivity index is 2.47. The summed E-state index contributed by atoms with van der Waals surface area (Å²) >= 11 is 0. The van der Waals surface area contributed by atoms with E-state index in [4.69, 9.17) is 10.00 Å². The van der Waals surface area contributed by atoms with Gasteiger partial charge in [-0.2, -0.15) is 5.26 Å². The van der Waals surface area contributed by atoms with Crippen LogP contribution in [0.25, 0.3) is 0 Å². The van der Waals surface area contributed by atoms with Gasteiger partial charge in [0.05, 0.1) is 24.7 Å². The molecule has 0 bridgehead atoms. The highest BCUT2D eigenvalue weighted by molar-refractivity contribution is 5.41. The molecule has 0 spiro atoms. The summed E-state index contributed by atoms with van der Waals surface area (Å²) < 4.78 is 5.37. The zero-order valence-electron chi connectivity index (χ0n) is 11.7. The molecular formula is C16H21NO. The number of nitriles is 1. The Kier molecular flexibility index (Phi) is 3.21. The highest BCUT2D eigenvalue weighted by Gasteiger charge is 2.41. The minimum Gasteiger partial charge on any atom is -0.379 e. The summed E-state index contributed by atoms with van der Waals surface area (Å²) in [5.41, 5.74) is 3.96. The van der Waals surface area contributed by atoms with Crippen molar-refractivity contribution >= 4 is 0 Å². The van der Waals surface area contributed by atoms with Gasteiger partial charge in [-0.1, -0.05) is 39.0 Å². The largest absolute Gasteiger partial charge is 0.379 e. The quantitative estimate of drug-likeness (QED) is 0.796. The maximum atomic E-state index is 9.04. The first-order chi connectivity index (χ1) is 8.39. The summed E-state index contributed by atoms with van der Waals surface area (Å²) in [4.78, 5) is 0. The van der Waals surface area contributed by atoms with Crippen molar-refractivity contribution in [1.29, 1.82) is 5.26 Å². The molecule has 96 valence electrons. The normalized spacial score (nSPS) is 17.9. The number of ether oxygens (including phenoxy) is 1. The van der Waals surface area contributed by atoms with E-state index in [0.29, 0.717) is 19.6 Å². The van der Waals surface area contributed by atoms with Crippen LogP contribution in [0.5, 0.6) is 0 Å². The van der Waals surface area contributed by atoms with Crippen LogP contribution in [0.4, 0.5) is 0 Å². The SMILES string of the molecule is Cc1ccc(C(C)(C)C)cc1C1(CC#N)COC1. The first-order valence-corrected chi connectivity index (χ1v) is 6.45. The van der Waals surface area contributed by atoms with Crippen LogP contribution in [0.15, 0.2) is 18.2 Å². The third-order valence-corrected chi connectivity index (χ3v) is 3.85. The Hall–Kier alpha value is -1.33. The molecule has 0 aliphatic carbocycles. The predicted molar refractivity (Wildman–Crippen MR) is 72.6 cm³/mol. The highest BCUT2D eigenvalue weighted by Crippen LogP contribution is 2.39. The molecule has 0 radical (unpaired) electrons. The van der Waals surface area contributed by atoms with Gasteiger partial charge in [0, 0.05) is 6.42 Å². The van der Waals surface area contributed by atoms with Crippen molar-refractivity contribution in [2.24, 2.45) is 0 Å². The minimum atomic E-state index is -0.0694. The van der Waals surface area contributed by atoms with Crippen molar-refractivity contribution < 1.29 is 4.74 Å². The number of hydrogen-bond acceptors (Lipinski definition) is 2. The fourth-order valence-electron chi connectivity index (χ4n) is 2.51. The molecule has 2 heteroatoms. The summed E-state index contributed by atoms with van der Waals surface area (Å²) in [7, 11) is 0. The van der Waals surface area contributed by atoms with Gasteiger partial charge >= 0.3 is 0 Å². The molecule has 0 atom stereocenters. The van der Waals surface area contributed by atoms with Crippen LogP contribution in [0.3, 0.4) is 0 Å². The Morgan fingerprint density at radius 2 is 2.00 bits per heavy atom.